The van der Waals surface area contributed by atoms with Gasteiger partial charge in [0.1, 0.15) is 5.75 Å². The van der Waals surface area contributed by atoms with E-state index in [4.69, 9.17) is 14.2 Å². The van der Waals surface area contributed by atoms with Gasteiger partial charge in [0, 0.05) is 12.1 Å². The lowest BCUT2D eigenvalue weighted by Gasteiger charge is -2.30. The van der Waals surface area contributed by atoms with E-state index in [1.807, 2.05) is 49.4 Å². The van der Waals surface area contributed by atoms with Gasteiger partial charge < -0.3 is 24.4 Å². The molecule has 1 heterocycles. The summed E-state index contributed by atoms with van der Waals surface area (Å²) in [5.74, 6) is 1.66. The molecule has 0 saturated heterocycles. The zero-order valence-corrected chi connectivity index (χ0v) is 19.6. The highest BCUT2D eigenvalue weighted by atomic mass is 16.5. The largest absolute Gasteiger partial charge is 0.493 e. The standard InChI is InChI=1S/C27H28N2O5/c1-18-6-4-5-7-20(18)16-29-22-15-21(10-12-23(22)34-17-27(29)31)28-26(30)13-9-19-8-11-24(32-2)25(14-19)33-3/h4-8,10-12,14-15H,9,13,16-17H2,1-3H3,(H,28,30). The van der Waals surface area contributed by atoms with Crippen LogP contribution in [0.15, 0.2) is 60.7 Å². The van der Waals surface area contributed by atoms with Gasteiger partial charge in [-0.1, -0.05) is 30.3 Å². The molecule has 0 aromatic heterocycles. The summed E-state index contributed by atoms with van der Waals surface area (Å²) in [5.41, 5.74) is 4.42. The third-order valence-electron chi connectivity index (χ3n) is 5.86. The van der Waals surface area contributed by atoms with Crippen molar-refractivity contribution in [2.45, 2.75) is 26.3 Å². The summed E-state index contributed by atoms with van der Waals surface area (Å²) in [4.78, 5) is 27.0. The maximum absolute atomic E-state index is 12.7. The summed E-state index contributed by atoms with van der Waals surface area (Å²) >= 11 is 0. The number of benzene rings is 3. The van der Waals surface area contributed by atoms with Crippen molar-refractivity contribution in [1.82, 2.24) is 0 Å². The molecule has 34 heavy (non-hydrogen) atoms. The molecule has 0 fully saturated rings. The number of carbonyl (C=O) groups is 2. The molecule has 3 aromatic carbocycles. The smallest absolute Gasteiger partial charge is 0.265 e. The first-order valence-electron chi connectivity index (χ1n) is 11.1. The Morgan fingerprint density at radius 2 is 1.82 bits per heavy atom. The maximum Gasteiger partial charge on any atom is 0.265 e. The van der Waals surface area contributed by atoms with Gasteiger partial charge in [-0.3, -0.25) is 9.59 Å². The van der Waals surface area contributed by atoms with Crippen molar-refractivity contribution < 1.29 is 23.8 Å². The lowest BCUT2D eigenvalue weighted by Crippen LogP contribution is -2.38. The number of ether oxygens (including phenoxy) is 3. The van der Waals surface area contributed by atoms with Gasteiger partial charge in [-0.2, -0.15) is 0 Å². The highest BCUT2D eigenvalue weighted by molar-refractivity contribution is 5.99. The maximum atomic E-state index is 12.7. The minimum Gasteiger partial charge on any atom is -0.493 e. The minimum absolute atomic E-state index is 0.00406. The van der Waals surface area contributed by atoms with Crippen molar-refractivity contribution in [2.24, 2.45) is 0 Å². The Bertz CT molecular complexity index is 1210. The first-order chi connectivity index (χ1) is 16.5. The Hall–Kier alpha value is -4.00. The lowest BCUT2D eigenvalue weighted by molar-refractivity contribution is -0.121. The van der Waals surface area contributed by atoms with E-state index in [-0.39, 0.29) is 18.4 Å². The van der Waals surface area contributed by atoms with Crippen molar-refractivity contribution in [3.63, 3.8) is 0 Å². The molecule has 0 unspecified atom stereocenters. The molecular weight excluding hydrogens is 432 g/mol. The summed E-state index contributed by atoms with van der Waals surface area (Å²) in [7, 11) is 3.17. The second-order valence-corrected chi connectivity index (χ2v) is 8.12. The van der Waals surface area contributed by atoms with Gasteiger partial charge in [0.2, 0.25) is 5.91 Å². The first-order valence-corrected chi connectivity index (χ1v) is 11.1. The van der Waals surface area contributed by atoms with Gasteiger partial charge in [-0.05, 0) is 60.4 Å². The monoisotopic (exact) mass is 460 g/mol. The van der Waals surface area contributed by atoms with E-state index in [0.29, 0.717) is 48.0 Å². The van der Waals surface area contributed by atoms with Crippen molar-refractivity contribution in [2.75, 3.05) is 31.0 Å². The first kappa shape index (κ1) is 23.2. The van der Waals surface area contributed by atoms with Crippen LogP contribution >= 0.6 is 0 Å². The molecule has 0 spiro atoms. The number of amides is 2. The van der Waals surface area contributed by atoms with E-state index in [1.165, 1.54) is 0 Å². The molecular formula is C27H28N2O5. The van der Waals surface area contributed by atoms with Crippen LogP contribution < -0.4 is 24.4 Å². The summed E-state index contributed by atoms with van der Waals surface area (Å²) < 4.78 is 16.2. The molecule has 1 aliphatic rings. The number of rotatable bonds is 8. The fourth-order valence-electron chi connectivity index (χ4n) is 3.93. The van der Waals surface area contributed by atoms with Crippen LogP contribution in [0, 0.1) is 6.92 Å². The molecule has 1 N–H and O–H groups in total. The van der Waals surface area contributed by atoms with Gasteiger partial charge >= 0.3 is 0 Å². The van der Waals surface area contributed by atoms with Crippen LogP contribution in [0.5, 0.6) is 17.2 Å². The van der Waals surface area contributed by atoms with Crippen LogP contribution in [0.25, 0.3) is 0 Å². The number of fused-ring (bicyclic) bond motifs is 1. The van der Waals surface area contributed by atoms with Crippen LogP contribution in [0.4, 0.5) is 11.4 Å². The van der Waals surface area contributed by atoms with E-state index in [1.54, 1.807) is 37.3 Å². The van der Waals surface area contributed by atoms with Crippen LogP contribution in [0.2, 0.25) is 0 Å². The Balaban J connectivity index is 1.45. The van der Waals surface area contributed by atoms with E-state index in [0.717, 1.165) is 16.7 Å². The van der Waals surface area contributed by atoms with Crippen LogP contribution in [-0.2, 0) is 22.6 Å². The molecule has 3 aromatic rings. The number of aryl methyl sites for hydroxylation is 2. The average molecular weight is 461 g/mol. The number of nitrogens with zero attached hydrogens (tertiary/aromatic N) is 1. The molecule has 7 nitrogen and oxygen atoms in total. The van der Waals surface area contributed by atoms with Gasteiger partial charge in [-0.15, -0.1) is 0 Å². The van der Waals surface area contributed by atoms with E-state index in [2.05, 4.69) is 5.32 Å². The summed E-state index contributed by atoms with van der Waals surface area (Å²) in [6, 6.07) is 19.0. The fraction of sp³-hybridized carbons (Fsp3) is 0.259. The number of nitrogens with one attached hydrogen (secondary N) is 1. The number of hydrogen-bond acceptors (Lipinski definition) is 5. The molecule has 0 atom stereocenters. The van der Waals surface area contributed by atoms with Crippen molar-refractivity contribution in [3.8, 4) is 17.2 Å². The van der Waals surface area contributed by atoms with E-state index < -0.39 is 0 Å². The average Bonchev–Trinajstić information content (AvgIpc) is 2.85. The van der Waals surface area contributed by atoms with Crippen LogP contribution in [0.1, 0.15) is 23.1 Å². The highest BCUT2D eigenvalue weighted by Crippen LogP contribution is 2.36. The van der Waals surface area contributed by atoms with Gasteiger partial charge in [0.05, 0.1) is 26.5 Å². The SMILES string of the molecule is COc1ccc(CCC(=O)Nc2ccc3c(c2)N(Cc2ccccc2C)C(=O)CO3)cc1OC. The summed E-state index contributed by atoms with van der Waals surface area (Å²) in [6.07, 6.45) is 0.854. The number of hydrogen-bond donors (Lipinski definition) is 1. The van der Waals surface area contributed by atoms with Crippen molar-refractivity contribution >= 4 is 23.2 Å². The van der Waals surface area contributed by atoms with Gasteiger partial charge in [0.25, 0.3) is 5.91 Å². The molecule has 0 bridgehead atoms. The van der Waals surface area contributed by atoms with Crippen LogP contribution in [0.3, 0.4) is 0 Å². The van der Waals surface area contributed by atoms with Crippen molar-refractivity contribution in [3.05, 3.63) is 77.4 Å². The van der Waals surface area contributed by atoms with Gasteiger partial charge in [-0.25, -0.2) is 0 Å². The predicted octanol–water partition coefficient (Wildman–Crippen LogP) is 4.51. The molecule has 0 aliphatic carbocycles. The third-order valence-corrected chi connectivity index (χ3v) is 5.86. The zero-order chi connectivity index (χ0) is 24.1. The summed E-state index contributed by atoms with van der Waals surface area (Å²) in [6.45, 7) is 2.46. The summed E-state index contributed by atoms with van der Waals surface area (Å²) in [5, 5.41) is 2.94. The lowest BCUT2D eigenvalue weighted by atomic mass is 10.1. The molecule has 4 rings (SSSR count). The van der Waals surface area contributed by atoms with Gasteiger partial charge in [0.15, 0.2) is 18.1 Å². The predicted molar refractivity (Wildman–Crippen MR) is 131 cm³/mol. The second kappa shape index (κ2) is 10.3. The number of methoxy groups -OCH3 is 2. The molecule has 0 saturated carbocycles. The van der Waals surface area contributed by atoms with Crippen molar-refractivity contribution in [1.29, 1.82) is 0 Å². The number of carbonyl (C=O) groups excluding carboxylic acids is 2. The Kier molecular flexibility index (Phi) is 7.01. The normalized spacial score (nSPS) is 12.6. The highest BCUT2D eigenvalue weighted by Gasteiger charge is 2.26. The van der Waals surface area contributed by atoms with E-state index >= 15 is 0 Å². The third kappa shape index (κ3) is 5.14. The number of anilines is 2. The molecule has 7 heteroatoms. The fourth-order valence-corrected chi connectivity index (χ4v) is 3.93. The Morgan fingerprint density at radius 1 is 1.03 bits per heavy atom. The Labute approximate surface area is 199 Å². The van der Waals surface area contributed by atoms with Crippen LogP contribution in [-0.4, -0.2) is 32.6 Å². The Morgan fingerprint density at radius 3 is 2.59 bits per heavy atom. The molecule has 0 radical (unpaired) electrons. The zero-order valence-electron chi connectivity index (χ0n) is 19.6. The molecule has 1 aliphatic heterocycles. The topological polar surface area (TPSA) is 77.1 Å². The molecule has 2 amide bonds. The minimum atomic E-state index is -0.122. The molecule has 176 valence electrons. The van der Waals surface area contributed by atoms with E-state index in [9.17, 15) is 9.59 Å². The second-order valence-electron chi connectivity index (χ2n) is 8.12. The quantitative estimate of drug-likeness (QED) is 0.535.